The number of hydrogen-bond acceptors (Lipinski definition) is 4. The molecule has 1 heterocycles. The fourth-order valence-electron chi connectivity index (χ4n) is 5.39. The minimum Gasteiger partial charge on any atom is -0.370 e. The van der Waals surface area contributed by atoms with E-state index < -0.39 is 0 Å². The van der Waals surface area contributed by atoms with Gasteiger partial charge in [-0.1, -0.05) is 78.9 Å². The molecule has 2 amide bonds. The van der Waals surface area contributed by atoms with Gasteiger partial charge < -0.3 is 15.5 Å². The highest BCUT2D eigenvalue weighted by Gasteiger charge is 2.29. The second-order valence-electron chi connectivity index (χ2n) is 10.00. The third-order valence-corrected chi connectivity index (χ3v) is 7.36. The summed E-state index contributed by atoms with van der Waals surface area (Å²) in [6, 6.07) is 35.4. The van der Waals surface area contributed by atoms with E-state index in [1.54, 1.807) is 0 Å². The van der Waals surface area contributed by atoms with Crippen LogP contribution in [0.3, 0.4) is 0 Å². The molecule has 4 aromatic carbocycles. The van der Waals surface area contributed by atoms with Crippen LogP contribution < -0.4 is 15.5 Å². The molecule has 204 valence electrons. The number of nitrogens with one attached hydrogen (secondary N) is 2. The van der Waals surface area contributed by atoms with Crippen molar-refractivity contribution in [1.82, 2.24) is 10.2 Å². The van der Waals surface area contributed by atoms with Crippen LogP contribution in [0.15, 0.2) is 109 Å². The van der Waals surface area contributed by atoms with Crippen molar-refractivity contribution < 1.29 is 9.59 Å². The Bertz CT molecular complexity index is 1410. The van der Waals surface area contributed by atoms with Gasteiger partial charge >= 0.3 is 0 Å². The van der Waals surface area contributed by atoms with Crippen LogP contribution in [0.1, 0.15) is 35.3 Å². The van der Waals surface area contributed by atoms with Crippen molar-refractivity contribution in [3.05, 3.63) is 120 Å². The predicted octanol–water partition coefficient (Wildman–Crippen LogP) is 6.00. The minimum absolute atomic E-state index is 0.0519. The van der Waals surface area contributed by atoms with Crippen LogP contribution in [0.5, 0.6) is 0 Å². The van der Waals surface area contributed by atoms with E-state index in [9.17, 15) is 9.59 Å². The Kier molecular flexibility index (Phi) is 8.89. The first-order chi connectivity index (χ1) is 19.6. The molecule has 0 radical (unpaired) electrons. The number of hydrogen-bond donors (Lipinski definition) is 2. The Balaban J connectivity index is 1.25. The molecule has 0 saturated carbocycles. The zero-order valence-electron chi connectivity index (χ0n) is 22.9. The quantitative estimate of drug-likeness (QED) is 0.292. The number of carbonyl (C=O) groups is 2. The lowest BCUT2D eigenvalue weighted by molar-refractivity contribution is -0.126. The van der Waals surface area contributed by atoms with Gasteiger partial charge in [-0.25, -0.2) is 0 Å². The average Bonchev–Trinajstić information content (AvgIpc) is 3.25. The molecule has 4 aromatic rings. The van der Waals surface area contributed by atoms with E-state index in [-0.39, 0.29) is 17.9 Å². The van der Waals surface area contributed by atoms with Crippen molar-refractivity contribution in [3.8, 4) is 11.1 Å². The standard InChI is InChI=1S/C34H36N4O2/c1-2-35-34(40)32(27-14-7-4-8-15-27)38-23-11-22-37(24-25-38)29-20-18-28(19-21-29)36-33(39)31-17-10-9-16-30(31)26-12-5-3-6-13-26/h3-10,12-21,32H,2,11,22-25H2,1H3,(H,35,40)(H,36,39). The molecule has 1 saturated heterocycles. The molecule has 40 heavy (non-hydrogen) atoms. The van der Waals surface area contributed by atoms with Crippen molar-refractivity contribution in [1.29, 1.82) is 0 Å². The Morgan fingerprint density at radius 3 is 2.15 bits per heavy atom. The zero-order valence-corrected chi connectivity index (χ0v) is 22.9. The Morgan fingerprint density at radius 1 is 0.750 bits per heavy atom. The molecule has 0 bridgehead atoms. The Morgan fingerprint density at radius 2 is 1.43 bits per heavy atom. The number of likely N-dealkylation sites (N-methyl/N-ethyl adjacent to an activating group) is 1. The van der Waals surface area contributed by atoms with E-state index >= 15 is 0 Å². The van der Waals surface area contributed by atoms with Gasteiger partial charge in [0.2, 0.25) is 5.91 Å². The summed E-state index contributed by atoms with van der Waals surface area (Å²) in [5, 5.41) is 6.09. The van der Waals surface area contributed by atoms with Crippen LogP contribution in [0.4, 0.5) is 11.4 Å². The van der Waals surface area contributed by atoms with E-state index in [1.807, 2.05) is 104 Å². The molecule has 6 heteroatoms. The monoisotopic (exact) mass is 532 g/mol. The van der Waals surface area contributed by atoms with Crippen molar-refractivity contribution in [3.63, 3.8) is 0 Å². The molecule has 0 aliphatic carbocycles. The highest BCUT2D eigenvalue weighted by molar-refractivity contribution is 6.08. The normalized spacial score (nSPS) is 14.7. The van der Waals surface area contributed by atoms with E-state index in [4.69, 9.17) is 0 Å². The maximum absolute atomic E-state index is 13.2. The predicted molar refractivity (Wildman–Crippen MR) is 163 cm³/mol. The van der Waals surface area contributed by atoms with Crippen LogP contribution in [-0.2, 0) is 4.79 Å². The Hall–Kier alpha value is -4.42. The first-order valence-electron chi connectivity index (χ1n) is 14.0. The summed E-state index contributed by atoms with van der Waals surface area (Å²) in [4.78, 5) is 30.9. The Labute approximate surface area is 236 Å². The van der Waals surface area contributed by atoms with Gasteiger partial charge in [-0.3, -0.25) is 14.5 Å². The molecule has 1 atom stereocenters. The number of anilines is 2. The maximum Gasteiger partial charge on any atom is 0.256 e. The highest BCUT2D eigenvalue weighted by Crippen LogP contribution is 2.27. The van der Waals surface area contributed by atoms with Crippen LogP contribution >= 0.6 is 0 Å². The van der Waals surface area contributed by atoms with Crippen molar-refractivity contribution in [2.24, 2.45) is 0 Å². The lowest BCUT2D eigenvalue weighted by Gasteiger charge is -2.30. The van der Waals surface area contributed by atoms with Crippen LogP contribution in [0, 0.1) is 0 Å². The van der Waals surface area contributed by atoms with Gasteiger partial charge in [-0.2, -0.15) is 0 Å². The fraction of sp³-hybridized carbons (Fsp3) is 0.235. The van der Waals surface area contributed by atoms with Crippen molar-refractivity contribution >= 4 is 23.2 Å². The zero-order chi connectivity index (χ0) is 27.7. The lowest BCUT2D eigenvalue weighted by atomic mass is 9.99. The molecule has 6 nitrogen and oxygen atoms in total. The second kappa shape index (κ2) is 13.1. The van der Waals surface area contributed by atoms with Gasteiger partial charge in [0, 0.05) is 49.7 Å². The van der Waals surface area contributed by atoms with Crippen molar-refractivity contribution in [2.75, 3.05) is 42.9 Å². The summed E-state index contributed by atoms with van der Waals surface area (Å²) >= 11 is 0. The van der Waals surface area contributed by atoms with E-state index in [0.717, 1.165) is 60.7 Å². The summed E-state index contributed by atoms with van der Waals surface area (Å²) in [5.41, 5.74) is 5.46. The van der Waals surface area contributed by atoms with Gasteiger partial charge in [-0.05, 0) is 60.4 Å². The molecule has 0 aromatic heterocycles. The van der Waals surface area contributed by atoms with E-state index in [1.165, 1.54) is 0 Å². The maximum atomic E-state index is 13.2. The smallest absolute Gasteiger partial charge is 0.256 e. The van der Waals surface area contributed by atoms with Gasteiger partial charge in [0.25, 0.3) is 5.91 Å². The first kappa shape index (κ1) is 27.2. The molecule has 0 spiro atoms. The SMILES string of the molecule is CCNC(=O)C(c1ccccc1)N1CCCN(c2ccc(NC(=O)c3ccccc3-c3ccccc3)cc2)CC1. The molecule has 1 fully saturated rings. The van der Waals surface area contributed by atoms with E-state index in [0.29, 0.717) is 12.1 Å². The lowest BCUT2D eigenvalue weighted by Crippen LogP contribution is -2.42. The largest absolute Gasteiger partial charge is 0.370 e. The van der Waals surface area contributed by atoms with Gasteiger partial charge in [0.15, 0.2) is 0 Å². The third kappa shape index (κ3) is 6.41. The summed E-state index contributed by atoms with van der Waals surface area (Å²) in [6.07, 6.45) is 0.956. The van der Waals surface area contributed by atoms with E-state index in [2.05, 4.69) is 32.6 Å². The van der Waals surface area contributed by atoms with Gasteiger partial charge in [0.1, 0.15) is 6.04 Å². The molecule has 1 aliphatic rings. The summed E-state index contributed by atoms with van der Waals surface area (Å²) < 4.78 is 0. The topological polar surface area (TPSA) is 64.7 Å². The molecule has 5 rings (SSSR count). The number of carbonyl (C=O) groups excluding carboxylic acids is 2. The van der Waals surface area contributed by atoms with Crippen molar-refractivity contribution in [2.45, 2.75) is 19.4 Å². The van der Waals surface area contributed by atoms with Crippen LogP contribution in [0.2, 0.25) is 0 Å². The van der Waals surface area contributed by atoms with Gasteiger partial charge in [-0.15, -0.1) is 0 Å². The molecular formula is C34H36N4O2. The fourth-order valence-corrected chi connectivity index (χ4v) is 5.39. The number of amides is 2. The average molecular weight is 533 g/mol. The minimum atomic E-state index is -0.294. The van der Waals surface area contributed by atoms with Crippen LogP contribution in [-0.4, -0.2) is 49.4 Å². The third-order valence-electron chi connectivity index (χ3n) is 7.36. The first-order valence-corrected chi connectivity index (χ1v) is 14.0. The molecule has 2 N–H and O–H groups in total. The summed E-state index contributed by atoms with van der Waals surface area (Å²) in [6.45, 7) is 5.93. The highest BCUT2D eigenvalue weighted by atomic mass is 16.2. The summed E-state index contributed by atoms with van der Waals surface area (Å²) in [7, 11) is 0. The van der Waals surface area contributed by atoms with Crippen LogP contribution in [0.25, 0.3) is 11.1 Å². The molecule has 1 aliphatic heterocycles. The van der Waals surface area contributed by atoms with Gasteiger partial charge in [0.05, 0.1) is 0 Å². The number of benzene rings is 4. The molecule has 1 unspecified atom stereocenters. The summed E-state index contributed by atoms with van der Waals surface area (Å²) in [5.74, 6) is -0.0778. The number of nitrogens with zero attached hydrogens (tertiary/aromatic N) is 2. The molecular weight excluding hydrogens is 496 g/mol. The number of rotatable bonds is 8. The second-order valence-corrected chi connectivity index (χ2v) is 10.00.